The highest BCUT2D eigenvalue weighted by atomic mass is 16.1. The van der Waals surface area contributed by atoms with E-state index in [2.05, 4.69) is 25.6 Å². The second-order valence-electron chi connectivity index (χ2n) is 4.97. The molecule has 0 aromatic carbocycles. The van der Waals surface area contributed by atoms with Gasteiger partial charge in [0.25, 0.3) is 0 Å². The maximum absolute atomic E-state index is 11.9. The van der Waals surface area contributed by atoms with E-state index in [1.54, 1.807) is 29.3 Å². The lowest BCUT2D eigenvalue weighted by molar-refractivity contribution is -0.116. The number of rotatable bonds is 5. The number of aryl methyl sites for hydroxylation is 2. The topological polar surface area (TPSA) is 88.5 Å². The van der Waals surface area contributed by atoms with Gasteiger partial charge in [0.05, 0.1) is 11.9 Å². The number of amides is 1. The van der Waals surface area contributed by atoms with Crippen molar-refractivity contribution in [2.75, 3.05) is 5.32 Å². The summed E-state index contributed by atoms with van der Waals surface area (Å²) in [4.78, 5) is 15.9. The van der Waals surface area contributed by atoms with Crippen molar-refractivity contribution in [1.29, 1.82) is 0 Å². The molecule has 112 valence electrons. The smallest absolute Gasteiger partial charge is 0.225 e. The van der Waals surface area contributed by atoms with E-state index in [1.807, 2.05) is 25.4 Å². The van der Waals surface area contributed by atoms with Gasteiger partial charge < -0.3 is 5.32 Å². The predicted octanol–water partition coefficient (Wildman–Crippen LogP) is 1.78. The van der Waals surface area contributed by atoms with Crippen LogP contribution < -0.4 is 5.32 Å². The first-order valence-corrected chi connectivity index (χ1v) is 6.94. The van der Waals surface area contributed by atoms with Crippen LogP contribution in [0.3, 0.4) is 0 Å². The third kappa shape index (κ3) is 3.38. The summed E-state index contributed by atoms with van der Waals surface area (Å²) < 4.78 is 1.72. The molecule has 3 aromatic heterocycles. The molecular formula is C15H16N6O. The maximum atomic E-state index is 11.9. The lowest BCUT2D eigenvalue weighted by atomic mass is 10.2. The Morgan fingerprint density at radius 2 is 2.18 bits per heavy atom. The summed E-state index contributed by atoms with van der Waals surface area (Å²) in [5, 5.41) is 13.9. The minimum atomic E-state index is -0.0726. The normalized spacial score (nSPS) is 10.6. The molecule has 0 saturated carbocycles. The number of pyridine rings is 1. The Labute approximate surface area is 127 Å². The number of carbonyl (C=O) groups excluding carboxylic acids is 1. The highest BCUT2D eigenvalue weighted by Crippen LogP contribution is 2.18. The molecule has 0 aliphatic heterocycles. The van der Waals surface area contributed by atoms with Crippen LogP contribution in [0.5, 0.6) is 0 Å². The van der Waals surface area contributed by atoms with Crippen LogP contribution in [-0.2, 0) is 18.3 Å². The molecule has 0 saturated heterocycles. The minimum Gasteiger partial charge on any atom is -0.309 e. The number of nitrogens with zero attached hydrogens (tertiary/aromatic N) is 4. The quantitative estimate of drug-likeness (QED) is 0.751. The molecule has 3 aromatic rings. The molecule has 0 fully saturated rings. The Morgan fingerprint density at radius 3 is 2.91 bits per heavy atom. The van der Waals surface area contributed by atoms with Crippen molar-refractivity contribution in [3.63, 3.8) is 0 Å². The SMILES string of the molecule is Cn1cc(CCC(=O)Nc2cc(-c3ccncc3)[nH]n2)cn1. The van der Waals surface area contributed by atoms with Crippen molar-refractivity contribution in [1.82, 2.24) is 25.0 Å². The van der Waals surface area contributed by atoms with Crippen LogP contribution in [0.25, 0.3) is 11.3 Å². The van der Waals surface area contributed by atoms with Crippen LogP contribution >= 0.6 is 0 Å². The Balaban J connectivity index is 1.57. The van der Waals surface area contributed by atoms with E-state index in [-0.39, 0.29) is 5.91 Å². The second kappa shape index (κ2) is 6.21. The third-order valence-electron chi connectivity index (χ3n) is 3.24. The van der Waals surface area contributed by atoms with E-state index in [9.17, 15) is 4.79 Å². The summed E-state index contributed by atoms with van der Waals surface area (Å²) in [6.45, 7) is 0. The Hall–Kier alpha value is -2.96. The lowest BCUT2D eigenvalue weighted by Crippen LogP contribution is -2.12. The largest absolute Gasteiger partial charge is 0.309 e. The first-order valence-electron chi connectivity index (χ1n) is 6.94. The third-order valence-corrected chi connectivity index (χ3v) is 3.24. The number of anilines is 1. The number of hydrogen-bond acceptors (Lipinski definition) is 4. The fourth-order valence-electron chi connectivity index (χ4n) is 2.13. The minimum absolute atomic E-state index is 0.0726. The van der Waals surface area contributed by atoms with Gasteiger partial charge in [0, 0.05) is 43.7 Å². The summed E-state index contributed by atoms with van der Waals surface area (Å²) >= 11 is 0. The van der Waals surface area contributed by atoms with Gasteiger partial charge in [-0.3, -0.25) is 19.6 Å². The fourth-order valence-corrected chi connectivity index (χ4v) is 2.13. The molecule has 0 radical (unpaired) electrons. The molecule has 0 atom stereocenters. The second-order valence-corrected chi connectivity index (χ2v) is 4.97. The molecule has 0 aliphatic carbocycles. The number of aromatic amines is 1. The van der Waals surface area contributed by atoms with Gasteiger partial charge >= 0.3 is 0 Å². The van der Waals surface area contributed by atoms with Crippen LogP contribution in [0.4, 0.5) is 5.82 Å². The fraction of sp³-hybridized carbons (Fsp3) is 0.200. The first-order chi connectivity index (χ1) is 10.7. The molecule has 7 heteroatoms. The van der Waals surface area contributed by atoms with Gasteiger partial charge in [-0.2, -0.15) is 10.2 Å². The van der Waals surface area contributed by atoms with Gasteiger partial charge in [-0.15, -0.1) is 0 Å². The molecule has 7 nitrogen and oxygen atoms in total. The van der Waals surface area contributed by atoms with Gasteiger partial charge in [-0.1, -0.05) is 0 Å². The van der Waals surface area contributed by atoms with Crippen molar-refractivity contribution < 1.29 is 4.79 Å². The molecule has 2 N–H and O–H groups in total. The average Bonchev–Trinajstić information content (AvgIpc) is 3.15. The molecule has 22 heavy (non-hydrogen) atoms. The van der Waals surface area contributed by atoms with Crippen LogP contribution in [0, 0.1) is 0 Å². The van der Waals surface area contributed by atoms with E-state index in [1.165, 1.54) is 0 Å². The molecule has 0 spiro atoms. The molecule has 1 amide bonds. The Bertz CT molecular complexity index is 761. The monoisotopic (exact) mass is 296 g/mol. The molecule has 0 aliphatic rings. The number of nitrogens with one attached hydrogen (secondary N) is 2. The molecule has 3 heterocycles. The summed E-state index contributed by atoms with van der Waals surface area (Å²) in [6.07, 6.45) is 8.14. The number of carbonyl (C=O) groups is 1. The molecule has 0 unspecified atom stereocenters. The Kier molecular flexibility index (Phi) is 3.95. The van der Waals surface area contributed by atoms with Gasteiger partial charge in [0.1, 0.15) is 0 Å². The zero-order chi connectivity index (χ0) is 15.4. The van der Waals surface area contributed by atoms with Gasteiger partial charge in [-0.05, 0) is 24.1 Å². The Morgan fingerprint density at radius 1 is 1.36 bits per heavy atom. The van der Waals surface area contributed by atoms with Crippen LogP contribution in [-0.4, -0.2) is 30.9 Å². The highest BCUT2D eigenvalue weighted by Gasteiger charge is 2.08. The van der Waals surface area contributed by atoms with Gasteiger partial charge in [0.2, 0.25) is 5.91 Å². The summed E-state index contributed by atoms with van der Waals surface area (Å²) in [6, 6.07) is 5.56. The summed E-state index contributed by atoms with van der Waals surface area (Å²) in [5.41, 5.74) is 2.85. The van der Waals surface area contributed by atoms with E-state index >= 15 is 0 Å². The zero-order valence-corrected chi connectivity index (χ0v) is 12.2. The standard InChI is InChI=1S/C15H16N6O/c1-21-10-11(9-17-21)2-3-15(22)18-14-8-13(19-20-14)12-4-6-16-7-5-12/h4-10H,2-3H2,1H3,(H2,18,19,20,22). The molecule has 0 bridgehead atoms. The van der Waals surface area contributed by atoms with Gasteiger partial charge in [0.15, 0.2) is 5.82 Å². The summed E-state index contributed by atoms with van der Waals surface area (Å²) in [5.74, 6) is 0.444. The first kappa shape index (κ1) is 14.0. The van der Waals surface area contributed by atoms with E-state index in [4.69, 9.17) is 0 Å². The van der Waals surface area contributed by atoms with E-state index in [0.717, 1.165) is 16.8 Å². The summed E-state index contributed by atoms with van der Waals surface area (Å²) in [7, 11) is 1.86. The predicted molar refractivity (Wildman–Crippen MR) is 82.0 cm³/mol. The van der Waals surface area contributed by atoms with Crippen LogP contribution in [0.15, 0.2) is 43.0 Å². The number of aromatic nitrogens is 5. The molecular weight excluding hydrogens is 280 g/mol. The van der Waals surface area contributed by atoms with Crippen molar-refractivity contribution in [2.45, 2.75) is 12.8 Å². The van der Waals surface area contributed by atoms with E-state index < -0.39 is 0 Å². The lowest BCUT2D eigenvalue weighted by Gasteiger charge is -2.00. The number of H-pyrrole nitrogens is 1. The van der Waals surface area contributed by atoms with Crippen molar-refractivity contribution in [3.05, 3.63) is 48.5 Å². The maximum Gasteiger partial charge on any atom is 0.225 e. The van der Waals surface area contributed by atoms with Gasteiger partial charge in [-0.25, -0.2) is 0 Å². The molecule has 3 rings (SSSR count). The van der Waals surface area contributed by atoms with Crippen LogP contribution in [0.1, 0.15) is 12.0 Å². The van der Waals surface area contributed by atoms with Crippen LogP contribution in [0.2, 0.25) is 0 Å². The average molecular weight is 296 g/mol. The van der Waals surface area contributed by atoms with Crippen molar-refractivity contribution in [2.24, 2.45) is 7.05 Å². The van der Waals surface area contributed by atoms with E-state index in [0.29, 0.717) is 18.7 Å². The highest BCUT2D eigenvalue weighted by molar-refractivity contribution is 5.90. The number of hydrogen-bond donors (Lipinski definition) is 2. The zero-order valence-electron chi connectivity index (χ0n) is 12.2. The van der Waals surface area contributed by atoms with Crippen molar-refractivity contribution in [3.8, 4) is 11.3 Å². The van der Waals surface area contributed by atoms with Crippen molar-refractivity contribution >= 4 is 11.7 Å².